The monoisotopic (exact) mass is 287 g/mol. The van der Waals surface area contributed by atoms with E-state index in [1.54, 1.807) is 0 Å². The van der Waals surface area contributed by atoms with Gasteiger partial charge in [-0.2, -0.15) is 0 Å². The van der Waals surface area contributed by atoms with Gasteiger partial charge in [-0.15, -0.1) is 0 Å². The van der Waals surface area contributed by atoms with Crippen LogP contribution in [-0.4, -0.2) is 24.6 Å². The molecule has 3 heteroatoms. The molecule has 1 aliphatic rings. The van der Waals surface area contributed by atoms with Gasteiger partial charge < -0.3 is 4.74 Å². The van der Waals surface area contributed by atoms with Crippen LogP contribution in [0.2, 0.25) is 5.02 Å². The van der Waals surface area contributed by atoms with Crippen molar-refractivity contribution in [1.82, 2.24) is 4.90 Å². The van der Waals surface area contributed by atoms with Gasteiger partial charge in [-0.05, 0) is 35.7 Å². The molecule has 104 valence electrons. The van der Waals surface area contributed by atoms with Crippen molar-refractivity contribution in [2.24, 2.45) is 0 Å². The molecule has 0 aromatic heterocycles. The summed E-state index contributed by atoms with van der Waals surface area (Å²) in [6.45, 7) is 3.64. The van der Waals surface area contributed by atoms with E-state index in [1.807, 2.05) is 42.5 Å². The van der Waals surface area contributed by atoms with Crippen LogP contribution in [0.1, 0.15) is 11.1 Å². The molecule has 20 heavy (non-hydrogen) atoms. The molecule has 0 atom stereocenters. The maximum absolute atomic E-state index is 6.28. The molecule has 1 heterocycles. The lowest BCUT2D eigenvalue weighted by Gasteiger charge is -2.29. The summed E-state index contributed by atoms with van der Waals surface area (Å²) < 4.78 is 5.75. The van der Waals surface area contributed by atoms with Gasteiger partial charge in [0.15, 0.2) is 0 Å². The molecule has 0 N–H and O–H groups in total. The number of halogens is 1. The molecule has 0 amide bonds. The van der Waals surface area contributed by atoms with E-state index in [1.165, 1.54) is 11.1 Å². The van der Waals surface area contributed by atoms with Crippen LogP contribution in [-0.2, 0) is 13.0 Å². The average molecular weight is 288 g/mol. The Balaban J connectivity index is 1.54. The number of hydrogen-bond acceptors (Lipinski definition) is 2. The molecule has 0 unspecified atom stereocenters. The van der Waals surface area contributed by atoms with Crippen LogP contribution in [0.3, 0.4) is 0 Å². The van der Waals surface area contributed by atoms with E-state index in [-0.39, 0.29) is 0 Å². The van der Waals surface area contributed by atoms with Crippen molar-refractivity contribution in [2.75, 3.05) is 19.7 Å². The second-order valence-corrected chi connectivity index (χ2v) is 5.47. The van der Waals surface area contributed by atoms with Gasteiger partial charge in [0, 0.05) is 24.7 Å². The smallest absolute Gasteiger partial charge is 0.119 e. The van der Waals surface area contributed by atoms with Gasteiger partial charge in [-0.1, -0.05) is 41.9 Å². The van der Waals surface area contributed by atoms with Crippen molar-refractivity contribution in [1.29, 1.82) is 0 Å². The normalized spacial score (nSPS) is 14.8. The molecule has 1 aliphatic heterocycles. The molecular weight excluding hydrogens is 270 g/mol. The summed E-state index contributed by atoms with van der Waals surface area (Å²) in [6, 6.07) is 16.2. The molecule has 0 fully saturated rings. The van der Waals surface area contributed by atoms with Gasteiger partial charge in [0.1, 0.15) is 12.4 Å². The molecule has 0 bridgehead atoms. The zero-order valence-electron chi connectivity index (χ0n) is 11.4. The predicted octanol–water partition coefficient (Wildman–Crippen LogP) is 3.78. The summed E-state index contributed by atoms with van der Waals surface area (Å²) in [6.07, 6.45) is 1.07. The van der Waals surface area contributed by atoms with Crippen LogP contribution in [0, 0.1) is 0 Å². The Labute approximate surface area is 124 Å². The number of ether oxygens (including phenoxy) is 1. The Morgan fingerprint density at radius 1 is 1.05 bits per heavy atom. The number of rotatable bonds is 4. The Morgan fingerprint density at radius 3 is 2.75 bits per heavy atom. The van der Waals surface area contributed by atoms with E-state index < -0.39 is 0 Å². The van der Waals surface area contributed by atoms with E-state index in [9.17, 15) is 0 Å². The van der Waals surface area contributed by atoms with Crippen molar-refractivity contribution in [2.45, 2.75) is 13.0 Å². The fourth-order valence-corrected chi connectivity index (χ4v) is 2.85. The number of hydrogen-bond donors (Lipinski definition) is 0. The molecule has 0 radical (unpaired) electrons. The van der Waals surface area contributed by atoms with Gasteiger partial charge in [-0.25, -0.2) is 0 Å². The van der Waals surface area contributed by atoms with Crippen molar-refractivity contribution in [3.63, 3.8) is 0 Å². The lowest BCUT2D eigenvalue weighted by molar-refractivity contribution is 0.196. The Bertz CT molecular complexity index is 570. The van der Waals surface area contributed by atoms with E-state index >= 15 is 0 Å². The van der Waals surface area contributed by atoms with E-state index in [4.69, 9.17) is 16.3 Å². The first kappa shape index (κ1) is 13.5. The zero-order chi connectivity index (χ0) is 13.8. The summed E-state index contributed by atoms with van der Waals surface area (Å²) in [5.74, 6) is 0.933. The minimum Gasteiger partial charge on any atom is -0.492 e. The third-order valence-electron chi connectivity index (χ3n) is 3.71. The SMILES string of the molecule is Clc1cccc2c1CN(CCOc1ccccc1)CC2. The zero-order valence-corrected chi connectivity index (χ0v) is 12.1. The first-order valence-electron chi connectivity index (χ1n) is 6.99. The van der Waals surface area contributed by atoms with Gasteiger partial charge in [0.2, 0.25) is 0 Å². The Morgan fingerprint density at radius 2 is 1.90 bits per heavy atom. The van der Waals surface area contributed by atoms with Gasteiger partial charge in [-0.3, -0.25) is 4.90 Å². The third kappa shape index (κ3) is 3.14. The topological polar surface area (TPSA) is 12.5 Å². The highest BCUT2D eigenvalue weighted by Crippen LogP contribution is 2.25. The maximum atomic E-state index is 6.28. The standard InChI is InChI=1S/C17H18ClNO/c18-17-8-4-5-14-9-10-19(13-16(14)17)11-12-20-15-6-2-1-3-7-15/h1-8H,9-13H2. The average Bonchev–Trinajstić information content (AvgIpc) is 2.49. The van der Waals surface area contributed by atoms with E-state index in [0.717, 1.165) is 36.8 Å². The van der Waals surface area contributed by atoms with Crippen LogP contribution in [0.25, 0.3) is 0 Å². The van der Waals surface area contributed by atoms with Gasteiger partial charge in [0.25, 0.3) is 0 Å². The molecule has 0 saturated heterocycles. The molecule has 0 spiro atoms. The number of fused-ring (bicyclic) bond motifs is 1. The van der Waals surface area contributed by atoms with E-state index in [2.05, 4.69) is 11.0 Å². The summed E-state index contributed by atoms with van der Waals surface area (Å²) in [4.78, 5) is 2.40. The first-order valence-corrected chi connectivity index (χ1v) is 7.37. The van der Waals surface area contributed by atoms with Gasteiger partial charge >= 0.3 is 0 Å². The summed E-state index contributed by atoms with van der Waals surface area (Å²) in [7, 11) is 0. The fraction of sp³-hybridized carbons (Fsp3) is 0.294. The van der Waals surface area contributed by atoms with Crippen LogP contribution in [0.4, 0.5) is 0 Å². The second kappa shape index (κ2) is 6.29. The van der Waals surface area contributed by atoms with Crippen molar-refractivity contribution < 1.29 is 4.74 Å². The number of benzene rings is 2. The van der Waals surface area contributed by atoms with Crippen molar-refractivity contribution in [3.05, 3.63) is 64.7 Å². The fourth-order valence-electron chi connectivity index (χ4n) is 2.60. The molecule has 3 rings (SSSR count). The molecule has 2 aromatic carbocycles. The molecule has 0 saturated carbocycles. The predicted molar refractivity (Wildman–Crippen MR) is 82.4 cm³/mol. The maximum Gasteiger partial charge on any atom is 0.119 e. The summed E-state index contributed by atoms with van der Waals surface area (Å²) in [5.41, 5.74) is 2.66. The highest BCUT2D eigenvalue weighted by atomic mass is 35.5. The largest absolute Gasteiger partial charge is 0.492 e. The van der Waals surface area contributed by atoms with Gasteiger partial charge in [0.05, 0.1) is 0 Å². The highest BCUT2D eigenvalue weighted by Gasteiger charge is 2.17. The minimum absolute atomic E-state index is 0.712. The lowest BCUT2D eigenvalue weighted by Crippen LogP contribution is -2.34. The summed E-state index contributed by atoms with van der Waals surface area (Å²) in [5, 5.41) is 0.885. The highest BCUT2D eigenvalue weighted by molar-refractivity contribution is 6.31. The third-order valence-corrected chi connectivity index (χ3v) is 4.07. The van der Waals surface area contributed by atoms with Crippen molar-refractivity contribution in [3.8, 4) is 5.75 Å². The minimum atomic E-state index is 0.712. The Hall–Kier alpha value is -1.51. The quantitative estimate of drug-likeness (QED) is 0.848. The number of para-hydroxylation sites is 1. The second-order valence-electron chi connectivity index (χ2n) is 5.07. The number of nitrogens with zero attached hydrogens (tertiary/aromatic N) is 1. The van der Waals surface area contributed by atoms with E-state index in [0.29, 0.717) is 6.61 Å². The lowest BCUT2D eigenvalue weighted by atomic mass is 10.00. The van der Waals surface area contributed by atoms with Crippen LogP contribution in [0.5, 0.6) is 5.75 Å². The van der Waals surface area contributed by atoms with Crippen LogP contribution in [0.15, 0.2) is 48.5 Å². The van der Waals surface area contributed by atoms with Crippen molar-refractivity contribution >= 4 is 11.6 Å². The molecule has 2 nitrogen and oxygen atoms in total. The molecular formula is C17H18ClNO. The molecule has 2 aromatic rings. The first-order chi connectivity index (χ1) is 9.83. The Kier molecular flexibility index (Phi) is 4.24. The van der Waals surface area contributed by atoms with Crippen LogP contribution < -0.4 is 4.74 Å². The van der Waals surface area contributed by atoms with Crippen LogP contribution >= 0.6 is 11.6 Å². The summed E-state index contributed by atoms with van der Waals surface area (Å²) >= 11 is 6.28. The molecule has 0 aliphatic carbocycles.